The average Bonchev–Trinajstić information content (AvgIpc) is 2.81. The molecule has 0 spiro atoms. The summed E-state index contributed by atoms with van der Waals surface area (Å²) in [5.41, 5.74) is 1.97. The van der Waals surface area contributed by atoms with E-state index in [-0.39, 0.29) is 0 Å². The molecule has 0 amide bonds. The first-order valence-electron chi connectivity index (χ1n) is 11.0. The van der Waals surface area contributed by atoms with E-state index in [9.17, 15) is 0 Å². The molecule has 0 atom stereocenters. The van der Waals surface area contributed by atoms with E-state index in [0.717, 1.165) is 57.3 Å². The van der Waals surface area contributed by atoms with Crippen molar-refractivity contribution < 1.29 is 14.2 Å². The number of hydrogen-bond acceptors (Lipinski definition) is 5. The molecular formula is C24H32ClN3O3S. The quantitative estimate of drug-likeness (QED) is 0.499. The summed E-state index contributed by atoms with van der Waals surface area (Å²) in [4.78, 5) is 4.64. The van der Waals surface area contributed by atoms with Crippen LogP contribution in [0.1, 0.15) is 18.9 Å². The third kappa shape index (κ3) is 7.52. The number of morpholine rings is 1. The Morgan fingerprint density at radius 2 is 1.94 bits per heavy atom. The van der Waals surface area contributed by atoms with E-state index in [1.807, 2.05) is 31.2 Å². The Balaban J connectivity index is 1.67. The molecule has 0 aromatic heterocycles. The van der Waals surface area contributed by atoms with Gasteiger partial charge < -0.3 is 24.4 Å². The van der Waals surface area contributed by atoms with Crippen molar-refractivity contribution in [3.05, 3.63) is 53.1 Å². The Morgan fingerprint density at radius 1 is 1.19 bits per heavy atom. The Kier molecular flexibility index (Phi) is 9.87. The van der Waals surface area contributed by atoms with Gasteiger partial charge in [0.1, 0.15) is 11.5 Å². The summed E-state index contributed by atoms with van der Waals surface area (Å²) in [6.07, 6.45) is 1.01. The normalized spacial score (nSPS) is 14.1. The predicted molar refractivity (Wildman–Crippen MR) is 134 cm³/mol. The van der Waals surface area contributed by atoms with Crippen LogP contribution < -0.4 is 14.8 Å². The summed E-state index contributed by atoms with van der Waals surface area (Å²) in [6.45, 7) is 8.81. The first-order chi connectivity index (χ1) is 15.6. The zero-order valence-corrected chi connectivity index (χ0v) is 20.4. The maximum Gasteiger partial charge on any atom is 0.173 e. The van der Waals surface area contributed by atoms with E-state index in [4.69, 9.17) is 38.0 Å². The summed E-state index contributed by atoms with van der Waals surface area (Å²) < 4.78 is 16.5. The van der Waals surface area contributed by atoms with Gasteiger partial charge in [-0.2, -0.15) is 0 Å². The fourth-order valence-electron chi connectivity index (χ4n) is 3.60. The number of hydrogen-bond donors (Lipinski definition) is 1. The zero-order chi connectivity index (χ0) is 22.8. The standard InChI is InChI=1S/C24H32ClN3O3S/c1-3-31-21-8-5-19(6-9-21)18-28(12-4-11-27-13-15-30-16-14-27)24(32)26-22-10-7-20(25)17-23(22)29-2/h5-10,17H,3-4,11-16,18H2,1-2H3,(H,26,32). The van der Waals surface area contributed by atoms with Gasteiger partial charge in [0.25, 0.3) is 0 Å². The summed E-state index contributed by atoms with van der Waals surface area (Å²) in [5.74, 6) is 1.54. The van der Waals surface area contributed by atoms with Gasteiger partial charge in [-0.15, -0.1) is 0 Å². The van der Waals surface area contributed by atoms with Crippen LogP contribution in [0.25, 0.3) is 0 Å². The molecule has 0 bridgehead atoms. The molecule has 1 aliphatic heterocycles. The largest absolute Gasteiger partial charge is 0.495 e. The monoisotopic (exact) mass is 477 g/mol. The molecule has 1 N–H and O–H groups in total. The van der Waals surface area contributed by atoms with Gasteiger partial charge in [-0.05, 0) is 55.4 Å². The van der Waals surface area contributed by atoms with Crippen molar-refractivity contribution in [1.82, 2.24) is 9.80 Å². The molecule has 1 heterocycles. The molecule has 0 saturated carbocycles. The number of nitrogens with one attached hydrogen (secondary N) is 1. The Hall–Kier alpha value is -2.06. The maximum atomic E-state index is 6.10. The number of halogens is 1. The molecule has 2 aromatic rings. The van der Waals surface area contributed by atoms with Crippen LogP contribution in [0, 0.1) is 0 Å². The summed E-state index contributed by atoms with van der Waals surface area (Å²) >= 11 is 11.9. The van der Waals surface area contributed by atoms with E-state index in [1.54, 1.807) is 13.2 Å². The topological polar surface area (TPSA) is 46.2 Å². The minimum atomic E-state index is 0.620. The summed E-state index contributed by atoms with van der Waals surface area (Å²) in [6, 6.07) is 13.7. The first-order valence-corrected chi connectivity index (χ1v) is 11.8. The molecule has 0 unspecified atom stereocenters. The molecule has 0 radical (unpaired) electrons. The van der Waals surface area contributed by atoms with Crippen molar-refractivity contribution in [3.63, 3.8) is 0 Å². The number of anilines is 1. The van der Waals surface area contributed by atoms with Crippen molar-refractivity contribution in [2.45, 2.75) is 19.9 Å². The second kappa shape index (κ2) is 12.8. The highest BCUT2D eigenvalue weighted by molar-refractivity contribution is 7.80. The van der Waals surface area contributed by atoms with Crippen LogP contribution in [0.3, 0.4) is 0 Å². The Bertz CT molecular complexity index is 860. The summed E-state index contributed by atoms with van der Waals surface area (Å²) in [5, 5.41) is 4.62. The molecular weight excluding hydrogens is 446 g/mol. The second-order valence-corrected chi connectivity index (χ2v) is 8.40. The number of benzene rings is 2. The smallest absolute Gasteiger partial charge is 0.173 e. The molecule has 0 aliphatic carbocycles. The lowest BCUT2D eigenvalue weighted by atomic mass is 10.2. The van der Waals surface area contributed by atoms with Gasteiger partial charge in [0.15, 0.2) is 5.11 Å². The molecule has 2 aromatic carbocycles. The van der Waals surface area contributed by atoms with Gasteiger partial charge in [0.05, 0.1) is 32.6 Å². The average molecular weight is 478 g/mol. The van der Waals surface area contributed by atoms with Crippen molar-refractivity contribution in [1.29, 1.82) is 0 Å². The van der Waals surface area contributed by atoms with Crippen LogP contribution in [-0.2, 0) is 11.3 Å². The fraction of sp³-hybridized carbons (Fsp3) is 0.458. The number of methoxy groups -OCH3 is 1. The third-order valence-electron chi connectivity index (χ3n) is 5.31. The van der Waals surface area contributed by atoms with Gasteiger partial charge in [0, 0.05) is 43.8 Å². The lowest BCUT2D eigenvalue weighted by molar-refractivity contribution is 0.0368. The van der Waals surface area contributed by atoms with Crippen molar-refractivity contribution in [3.8, 4) is 11.5 Å². The van der Waals surface area contributed by atoms with Crippen LogP contribution in [0.5, 0.6) is 11.5 Å². The van der Waals surface area contributed by atoms with Gasteiger partial charge in [-0.3, -0.25) is 4.90 Å². The number of thiocarbonyl (C=S) groups is 1. The van der Waals surface area contributed by atoms with Crippen LogP contribution in [-0.4, -0.2) is 68.0 Å². The minimum Gasteiger partial charge on any atom is -0.495 e. The van der Waals surface area contributed by atoms with E-state index in [0.29, 0.717) is 29.0 Å². The highest BCUT2D eigenvalue weighted by Gasteiger charge is 2.15. The van der Waals surface area contributed by atoms with Gasteiger partial charge in [-0.25, -0.2) is 0 Å². The van der Waals surface area contributed by atoms with E-state index < -0.39 is 0 Å². The molecule has 8 heteroatoms. The van der Waals surface area contributed by atoms with Crippen LogP contribution in [0.4, 0.5) is 5.69 Å². The number of rotatable bonds is 10. The molecule has 6 nitrogen and oxygen atoms in total. The molecule has 3 rings (SSSR count). The molecule has 32 heavy (non-hydrogen) atoms. The fourth-order valence-corrected chi connectivity index (χ4v) is 4.03. The third-order valence-corrected chi connectivity index (χ3v) is 5.90. The van der Waals surface area contributed by atoms with Crippen molar-refractivity contribution in [2.75, 3.05) is 58.4 Å². The molecule has 1 saturated heterocycles. The lowest BCUT2D eigenvalue weighted by Crippen LogP contribution is -2.40. The highest BCUT2D eigenvalue weighted by atomic mass is 35.5. The number of nitrogens with zero attached hydrogens (tertiary/aromatic N) is 2. The van der Waals surface area contributed by atoms with Gasteiger partial charge in [-0.1, -0.05) is 23.7 Å². The van der Waals surface area contributed by atoms with Crippen LogP contribution in [0.15, 0.2) is 42.5 Å². The van der Waals surface area contributed by atoms with Crippen molar-refractivity contribution in [2.24, 2.45) is 0 Å². The minimum absolute atomic E-state index is 0.620. The highest BCUT2D eigenvalue weighted by Crippen LogP contribution is 2.28. The summed E-state index contributed by atoms with van der Waals surface area (Å²) in [7, 11) is 1.62. The molecule has 1 aliphatic rings. The van der Waals surface area contributed by atoms with Crippen molar-refractivity contribution >= 4 is 34.6 Å². The van der Waals surface area contributed by atoms with Crippen LogP contribution in [0.2, 0.25) is 5.02 Å². The lowest BCUT2D eigenvalue weighted by Gasteiger charge is -2.30. The van der Waals surface area contributed by atoms with E-state index >= 15 is 0 Å². The second-order valence-electron chi connectivity index (χ2n) is 7.58. The first kappa shape index (κ1) is 24.6. The maximum absolute atomic E-state index is 6.10. The Labute approximate surface area is 201 Å². The zero-order valence-electron chi connectivity index (χ0n) is 18.8. The van der Waals surface area contributed by atoms with Gasteiger partial charge in [0.2, 0.25) is 0 Å². The predicted octanol–water partition coefficient (Wildman–Crippen LogP) is 4.67. The SMILES string of the molecule is CCOc1ccc(CN(CCCN2CCOCC2)C(=S)Nc2ccc(Cl)cc2OC)cc1. The molecule has 1 fully saturated rings. The van der Waals surface area contributed by atoms with Gasteiger partial charge >= 0.3 is 0 Å². The van der Waals surface area contributed by atoms with E-state index in [1.165, 1.54) is 5.56 Å². The Morgan fingerprint density at radius 3 is 2.62 bits per heavy atom. The van der Waals surface area contributed by atoms with E-state index in [2.05, 4.69) is 27.2 Å². The molecule has 174 valence electrons. The number of ether oxygens (including phenoxy) is 3. The van der Waals surface area contributed by atoms with Crippen LogP contribution >= 0.6 is 23.8 Å².